The highest BCUT2D eigenvalue weighted by Crippen LogP contribution is 2.46. The highest BCUT2D eigenvalue weighted by Gasteiger charge is 2.41. The Hall–Kier alpha value is -7.51. The van der Waals surface area contributed by atoms with Gasteiger partial charge in [0, 0.05) is 29.1 Å². The summed E-state index contributed by atoms with van der Waals surface area (Å²) in [7, 11) is 0. The number of esters is 2. The van der Waals surface area contributed by atoms with Crippen LogP contribution < -0.4 is 14.8 Å². The molecule has 0 aromatic heterocycles. The highest BCUT2D eigenvalue weighted by atomic mass is 16.5. The van der Waals surface area contributed by atoms with Gasteiger partial charge in [-0.05, 0) is 102 Å². The van der Waals surface area contributed by atoms with E-state index < -0.39 is 0 Å². The number of nitrogens with one attached hydrogen (secondary N) is 1. The quantitative estimate of drug-likeness (QED) is 0.116. The Morgan fingerprint density at radius 3 is 1.66 bits per heavy atom. The lowest BCUT2D eigenvalue weighted by molar-refractivity contribution is -0.144. The molecule has 0 aliphatic heterocycles. The monoisotopic (exact) mass is 889 g/mol. The number of benzene rings is 7. The SMILES string of the molecule is CC(=O)Nc1ccc2c(OC(=O)[C@@H]3CCC3C3=CC(C)(C)CC=C3)cccc2c1.O=C(Oc1ccccc1-c1ccccc1O)C1CCC1c1ccccc1.c1ccccc1.c1ccccc1. The van der Waals surface area contributed by atoms with Crippen LogP contribution in [0.4, 0.5) is 5.69 Å². The first-order valence-electron chi connectivity index (χ1n) is 23.1. The van der Waals surface area contributed by atoms with E-state index in [1.54, 1.807) is 18.2 Å². The summed E-state index contributed by atoms with van der Waals surface area (Å²) in [5, 5.41) is 14.7. The Kier molecular flexibility index (Phi) is 16.4. The Bertz CT molecular complexity index is 2700. The van der Waals surface area contributed by atoms with Gasteiger partial charge in [0.1, 0.15) is 17.2 Å². The van der Waals surface area contributed by atoms with Crippen LogP contribution in [-0.4, -0.2) is 23.0 Å². The molecule has 0 radical (unpaired) electrons. The lowest BCUT2D eigenvalue weighted by Gasteiger charge is -2.38. The molecular formula is C60H59NO6. The Morgan fingerprint density at radius 2 is 1.09 bits per heavy atom. The van der Waals surface area contributed by atoms with Crippen molar-refractivity contribution in [2.24, 2.45) is 23.2 Å². The van der Waals surface area contributed by atoms with Crippen LogP contribution in [0.3, 0.4) is 0 Å². The first-order chi connectivity index (χ1) is 32.6. The molecule has 0 spiro atoms. The number of phenolic OH excluding ortho intramolecular Hbond substituents is 1. The minimum absolute atomic E-state index is 0.0892. The number of allylic oxidation sites excluding steroid dienone is 4. The van der Waals surface area contributed by atoms with Crippen LogP contribution in [0.15, 0.2) is 212 Å². The molecule has 7 heteroatoms. The lowest BCUT2D eigenvalue weighted by atomic mass is 9.67. The van der Waals surface area contributed by atoms with Gasteiger partial charge < -0.3 is 19.9 Å². The van der Waals surface area contributed by atoms with Gasteiger partial charge in [-0.1, -0.05) is 184 Å². The van der Waals surface area contributed by atoms with Crippen molar-refractivity contribution in [2.75, 3.05) is 5.32 Å². The first-order valence-corrected chi connectivity index (χ1v) is 23.1. The van der Waals surface area contributed by atoms with Gasteiger partial charge in [0.15, 0.2) is 0 Å². The van der Waals surface area contributed by atoms with Crippen molar-refractivity contribution in [3.8, 4) is 28.4 Å². The number of rotatable bonds is 8. The van der Waals surface area contributed by atoms with Crippen LogP contribution in [-0.2, 0) is 14.4 Å². The number of aromatic hydroxyl groups is 1. The minimum Gasteiger partial charge on any atom is -0.507 e. The molecule has 0 heterocycles. The van der Waals surface area contributed by atoms with Gasteiger partial charge in [0.25, 0.3) is 0 Å². The van der Waals surface area contributed by atoms with Crippen LogP contribution in [0.5, 0.6) is 17.2 Å². The first kappa shape index (κ1) is 47.5. The average Bonchev–Trinajstić information content (AvgIpc) is 3.30. The number of ether oxygens (including phenoxy) is 2. The van der Waals surface area contributed by atoms with Gasteiger partial charge in [-0.25, -0.2) is 0 Å². The number of fused-ring (bicyclic) bond motifs is 1. The second-order valence-corrected chi connectivity index (χ2v) is 17.8. The van der Waals surface area contributed by atoms with Crippen molar-refractivity contribution >= 4 is 34.3 Å². The van der Waals surface area contributed by atoms with E-state index >= 15 is 0 Å². The summed E-state index contributed by atoms with van der Waals surface area (Å²) in [4.78, 5) is 37.0. The van der Waals surface area contributed by atoms with Gasteiger partial charge in [-0.2, -0.15) is 0 Å². The zero-order chi connectivity index (χ0) is 47.0. The molecule has 1 amide bonds. The number of phenols is 1. The summed E-state index contributed by atoms with van der Waals surface area (Å²) >= 11 is 0. The summed E-state index contributed by atoms with van der Waals surface area (Å²) in [6.45, 7) is 5.94. The lowest BCUT2D eigenvalue weighted by Crippen LogP contribution is -2.37. The molecule has 10 rings (SSSR count). The molecule has 4 atom stereocenters. The second-order valence-electron chi connectivity index (χ2n) is 17.8. The van der Waals surface area contributed by atoms with E-state index in [9.17, 15) is 19.5 Å². The van der Waals surface area contributed by atoms with Crippen molar-refractivity contribution in [2.45, 2.75) is 58.8 Å². The van der Waals surface area contributed by atoms with E-state index in [4.69, 9.17) is 9.47 Å². The van der Waals surface area contributed by atoms with Gasteiger partial charge in [-0.15, -0.1) is 0 Å². The van der Waals surface area contributed by atoms with Crippen LogP contribution >= 0.6 is 0 Å². The topological polar surface area (TPSA) is 102 Å². The molecule has 67 heavy (non-hydrogen) atoms. The van der Waals surface area contributed by atoms with E-state index in [1.165, 1.54) is 18.1 Å². The Morgan fingerprint density at radius 1 is 0.567 bits per heavy atom. The molecule has 0 saturated heterocycles. The van der Waals surface area contributed by atoms with E-state index in [0.717, 1.165) is 54.1 Å². The van der Waals surface area contributed by atoms with Crippen molar-refractivity contribution < 1.29 is 29.0 Å². The number of carbonyl (C=O) groups excluding carboxylic acids is 3. The zero-order valence-electron chi connectivity index (χ0n) is 38.5. The number of amides is 1. The molecule has 2 N–H and O–H groups in total. The molecule has 7 nitrogen and oxygen atoms in total. The third kappa shape index (κ3) is 13.1. The predicted molar refractivity (Wildman–Crippen MR) is 270 cm³/mol. The van der Waals surface area contributed by atoms with Crippen LogP contribution in [0, 0.1) is 23.2 Å². The Labute approximate surface area is 394 Å². The molecule has 2 fully saturated rings. The van der Waals surface area contributed by atoms with Gasteiger partial charge in [0.2, 0.25) is 5.91 Å². The van der Waals surface area contributed by atoms with Gasteiger partial charge >= 0.3 is 11.9 Å². The van der Waals surface area contributed by atoms with Crippen molar-refractivity contribution in [1.82, 2.24) is 0 Å². The summed E-state index contributed by atoms with van der Waals surface area (Å²) in [5.74, 6) is 1.02. The van der Waals surface area contributed by atoms with Crippen LogP contribution in [0.2, 0.25) is 0 Å². The molecular weight excluding hydrogens is 831 g/mol. The molecule has 0 bridgehead atoms. The molecule has 7 aromatic rings. The third-order valence-electron chi connectivity index (χ3n) is 12.3. The normalized spacial score (nSPS) is 18.5. The zero-order valence-corrected chi connectivity index (χ0v) is 38.5. The summed E-state index contributed by atoms with van der Waals surface area (Å²) in [6, 6.07) is 59.8. The van der Waals surface area contributed by atoms with E-state index in [-0.39, 0.29) is 52.7 Å². The maximum absolute atomic E-state index is 12.9. The van der Waals surface area contributed by atoms with Gasteiger partial charge in [-0.3, -0.25) is 14.4 Å². The highest BCUT2D eigenvalue weighted by molar-refractivity contribution is 5.96. The molecule has 7 aromatic carbocycles. The van der Waals surface area contributed by atoms with Crippen LogP contribution in [0.1, 0.15) is 64.4 Å². The third-order valence-corrected chi connectivity index (χ3v) is 12.3. The smallest absolute Gasteiger partial charge is 0.314 e. The summed E-state index contributed by atoms with van der Waals surface area (Å²) in [6.07, 6.45) is 11.5. The number of hydrogen-bond acceptors (Lipinski definition) is 6. The molecule has 3 aliphatic rings. The van der Waals surface area contributed by atoms with Crippen molar-refractivity contribution in [1.29, 1.82) is 0 Å². The Balaban J connectivity index is 0.000000159. The largest absolute Gasteiger partial charge is 0.507 e. The molecule has 3 aliphatic carbocycles. The standard InChI is InChI=1S/C25H27NO3.C23H20O3.2C6H6/c1-16(27)26-19-9-10-21-17(14-19)6-4-8-23(21)29-24(28)22-12-11-20(22)18-7-5-13-25(2,3)15-18;24-21-12-6-4-10-18(21)19-11-5-7-13-22(19)26-23(25)20-15-14-17(20)16-8-2-1-3-9-16;2*1-2-4-6-5-3-1/h4-10,14-15,20,22H,11-13H2,1-3H3,(H,26,27);1-13,17,20,24H,14-15H2;2*1-6H/t20?,22-;;;/m1.../s1. The van der Waals surface area contributed by atoms with Gasteiger partial charge in [0.05, 0.1) is 11.8 Å². The second kappa shape index (κ2) is 23.1. The van der Waals surface area contributed by atoms with Crippen molar-refractivity contribution in [3.05, 3.63) is 217 Å². The number of carbonyl (C=O) groups is 3. The van der Waals surface area contributed by atoms with E-state index in [1.807, 2.05) is 158 Å². The molecule has 340 valence electrons. The number of hydrogen-bond donors (Lipinski definition) is 2. The number of para-hydroxylation sites is 2. The minimum atomic E-state index is -0.201. The summed E-state index contributed by atoms with van der Waals surface area (Å²) < 4.78 is 11.6. The fourth-order valence-electron chi connectivity index (χ4n) is 8.59. The van der Waals surface area contributed by atoms with Crippen molar-refractivity contribution in [3.63, 3.8) is 0 Å². The molecule has 3 unspecified atom stereocenters. The maximum atomic E-state index is 12.9. The number of anilines is 1. The fraction of sp³-hybridized carbons (Fsp3) is 0.217. The molecule has 2 saturated carbocycles. The maximum Gasteiger partial charge on any atom is 0.314 e. The predicted octanol–water partition coefficient (Wildman–Crippen LogP) is 14.2. The fourth-order valence-corrected chi connectivity index (χ4v) is 8.59. The van der Waals surface area contributed by atoms with Crippen LogP contribution in [0.25, 0.3) is 21.9 Å². The van der Waals surface area contributed by atoms with E-state index in [2.05, 4.69) is 49.5 Å². The average molecular weight is 890 g/mol. The summed E-state index contributed by atoms with van der Waals surface area (Å²) in [5.41, 5.74) is 4.71. The van der Waals surface area contributed by atoms with E-state index in [0.29, 0.717) is 17.1 Å².